The van der Waals surface area contributed by atoms with E-state index < -0.39 is 0 Å². The fourth-order valence-corrected chi connectivity index (χ4v) is 2.03. The summed E-state index contributed by atoms with van der Waals surface area (Å²) in [7, 11) is 0. The van der Waals surface area contributed by atoms with Crippen molar-refractivity contribution >= 4 is 6.29 Å². The molecule has 0 spiro atoms. The highest BCUT2D eigenvalue weighted by molar-refractivity contribution is 5.74. The first-order valence-electron chi connectivity index (χ1n) is 4.11. The Hall–Kier alpha value is -0.630. The second kappa shape index (κ2) is 2.45. The molecule has 1 heterocycles. The molecule has 0 saturated carbocycles. The molecule has 60 valence electrons. The lowest BCUT2D eigenvalue weighted by molar-refractivity contribution is -0.105. The fraction of sp³-hybridized carbons (Fsp3) is 0.667. The summed E-state index contributed by atoms with van der Waals surface area (Å²) in [6.07, 6.45) is 5.63. The lowest BCUT2D eigenvalue weighted by atomic mass is 10.0. The van der Waals surface area contributed by atoms with Gasteiger partial charge < -0.3 is 4.74 Å². The van der Waals surface area contributed by atoms with Crippen LogP contribution in [0.5, 0.6) is 0 Å². The number of rotatable bonds is 1. The van der Waals surface area contributed by atoms with Crippen molar-refractivity contribution < 1.29 is 9.53 Å². The van der Waals surface area contributed by atoms with E-state index in [2.05, 4.69) is 13.0 Å². The van der Waals surface area contributed by atoms with Gasteiger partial charge >= 0.3 is 0 Å². The average molecular weight is 152 g/mol. The highest BCUT2D eigenvalue weighted by atomic mass is 16.5. The summed E-state index contributed by atoms with van der Waals surface area (Å²) < 4.78 is 5.61. The lowest BCUT2D eigenvalue weighted by Crippen LogP contribution is -2.09. The zero-order valence-corrected chi connectivity index (χ0v) is 6.62. The maximum atomic E-state index is 10.4. The molecule has 0 N–H and O–H groups in total. The third kappa shape index (κ3) is 1.11. The minimum Gasteiger partial charge on any atom is -0.374 e. The van der Waals surface area contributed by atoms with Gasteiger partial charge in [0.2, 0.25) is 0 Å². The SMILES string of the molecule is CC1C[C@@H]2C=C(C=O)C[C@@H]2O1. The summed E-state index contributed by atoms with van der Waals surface area (Å²) in [5.41, 5.74) is 0.923. The van der Waals surface area contributed by atoms with E-state index in [4.69, 9.17) is 4.74 Å². The maximum absolute atomic E-state index is 10.4. The normalized spacial score (nSPS) is 41.9. The van der Waals surface area contributed by atoms with Crippen LogP contribution >= 0.6 is 0 Å². The molecule has 1 saturated heterocycles. The van der Waals surface area contributed by atoms with Crippen LogP contribution in [-0.2, 0) is 9.53 Å². The van der Waals surface area contributed by atoms with Crippen molar-refractivity contribution in [3.05, 3.63) is 11.6 Å². The minimum atomic E-state index is 0.310. The first-order chi connectivity index (χ1) is 5.29. The topological polar surface area (TPSA) is 26.3 Å². The molecule has 2 aliphatic rings. The number of fused-ring (bicyclic) bond motifs is 1. The van der Waals surface area contributed by atoms with E-state index in [0.29, 0.717) is 18.1 Å². The Labute approximate surface area is 66.2 Å². The van der Waals surface area contributed by atoms with Crippen molar-refractivity contribution in [3.63, 3.8) is 0 Å². The number of carbonyl (C=O) groups is 1. The van der Waals surface area contributed by atoms with Crippen LogP contribution in [0.4, 0.5) is 0 Å². The molecule has 0 radical (unpaired) electrons. The van der Waals surface area contributed by atoms with Gasteiger partial charge in [0, 0.05) is 12.3 Å². The second-order valence-electron chi connectivity index (χ2n) is 3.45. The number of aldehydes is 1. The van der Waals surface area contributed by atoms with Crippen LogP contribution in [-0.4, -0.2) is 18.5 Å². The molecule has 0 aromatic carbocycles. The van der Waals surface area contributed by atoms with Gasteiger partial charge in [-0.15, -0.1) is 0 Å². The predicted octanol–water partition coefficient (Wildman–Crippen LogP) is 1.31. The van der Waals surface area contributed by atoms with Gasteiger partial charge in [-0.1, -0.05) is 6.08 Å². The minimum absolute atomic E-state index is 0.310. The molecular formula is C9H12O2. The van der Waals surface area contributed by atoms with Crippen LogP contribution in [0.3, 0.4) is 0 Å². The molecule has 0 aromatic rings. The van der Waals surface area contributed by atoms with Gasteiger partial charge in [0.05, 0.1) is 12.2 Å². The lowest BCUT2D eigenvalue weighted by Gasteiger charge is -2.07. The van der Waals surface area contributed by atoms with Crippen LogP contribution in [0.25, 0.3) is 0 Å². The van der Waals surface area contributed by atoms with Crippen LogP contribution in [0.1, 0.15) is 19.8 Å². The summed E-state index contributed by atoms with van der Waals surface area (Å²) in [5, 5.41) is 0. The standard InChI is InChI=1S/C9H12O2/c1-6-2-8-3-7(5-10)4-9(8)11-6/h3,5-6,8-9H,2,4H2,1H3/t6?,8-,9+/m1/s1. The van der Waals surface area contributed by atoms with Crippen LogP contribution in [0, 0.1) is 5.92 Å². The second-order valence-corrected chi connectivity index (χ2v) is 3.45. The van der Waals surface area contributed by atoms with Gasteiger partial charge in [-0.3, -0.25) is 4.79 Å². The van der Waals surface area contributed by atoms with Crippen LogP contribution < -0.4 is 0 Å². The van der Waals surface area contributed by atoms with Crippen molar-refractivity contribution in [3.8, 4) is 0 Å². The molecule has 2 nitrogen and oxygen atoms in total. The van der Waals surface area contributed by atoms with Crippen molar-refractivity contribution in [2.45, 2.75) is 32.0 Å². The van der Waals surface area contributed by atoms with E-state index in [1.807, 2.05) is 0 Å². The summed E-state index contributed by atoms with van der Waals surface area (Å²) >= 11 is 0. The Morgan fingerprint density at radius 1 is 1.73 bits per heavy atom. The molecule has 2 rings (SSSR count). The first kappa shape index (κ1) is 7.04. The monoisotopic (exact) mass is 152 g/mol. The third-order valence-electron chi connectivity index (χ3n) is 2.51. The largest absolute Gasteiger partial charge is 0.374 e. The summed E-state index contributed by atoms with van der Waals surface area (Å²) in [6.45, 7) is 2.09. The summed E-state index contributed by atoms with van der Waals surface area (Å²) in [4.78, 5) is 10.4. The third-order valence-corrected chi connectivity index (χ3v) is 2.51. The van der Waals surface area contributed by atoms with Crippen molar-refractivity contribution in [1.29, 1.82) is 0 Å². The highest BCUT2D eigenvalue weighted by Gasteiger charge is 2.35. The molecule has 2 heteroatoms. The van der Waals surface area contributed by atoms with Crippen molar-refractivity contribution in [2.75, 3.05) is 0 Å². The fourth-order valence-electron chi connectivity index (χ4n) is 2.03. The van der Waals surface area contributed by atoms with E-state index in [0.717, 1.165) is 24.7 Å². The Bertz CT molecular complexity index is 208. The van der Waals surface area contributed by atoms with Crippen molar-refractivity contribution in [1.82, 2.24) is 0 Å². The molecular weight excluding hydrogens is 140 g/mol. The number of carbonyl (C=O) groups excluding carboxylic acids is 1. The molecule has 0 bridgehead atoms. The van der Waals surface area contributed by atoms with E-state index in [1.165, 1.54) is 0 Å². The van der Waals surface area contributed by atoms with Gasteiger partial charge in [0.15, 0.2) is 0 Å². The molecule has 0 aromatic heterocycles. The zero-order chi connectivity index (χ0) is 7.84. The van der Waals surface area contributed by atoms with Gasteiger partial charge in [0.1, 0.15) is 6.29 Å². The van der Waals surface area contributed by atoms with Gasteiger partial charge in [-0.2, -0.15) is 0 Å². The predicted molar refractivity (Wildman–Crippen MR) is 41.2 cm³/mol. The van der Waals surface area contributed by atoms with E-state index in [9.17, 15) is 4.79 Å². The van der Waals surface area contributed by atoms with Crippen LogP contribution in [0.15, 0.2) is 11.6 Å². The molecule has 1 unspecified atom stereocenters. The van der Waals surface area contributed by atoms with E-state index >= 15 is 0 Å². The zero-order valence-electron chi connectivity index (χ0n) is 6.62. The number of hydrogen-bond donors (Lipinski definition) is 0. The molecule has 3 atom stereocenters. The average Bonchev–Trinajstić information content (AvgIpc) is 2.43. The Morgan fingerprint density at radius 2 is 2.55 bits per heavy atom. The maximum Gasteiger partial charge on any atom is 0.145 e. The number of ether oxygens (including phenoxy) is 1. The molecule has 0 amide bonds. The highest BCUT2D eigenvalue weighted by Crippen LogP contribution is 2.36. The van der Waals surface area contributed by atoms with Gasteiger partial charge in [0.25, 0.3) is 0 Å². The number of hydrogen-bond acceptors (Lipinski definition) is 2. The molecule has 1 aliphatic heterocycles. The van der Waals surface area contributed by atoms with Gasteiger partial charge in [-0.25, -0.2) is 0 Å². The Morgan fingerprint density at radius 3 is 3.18 bits per heavy atom. The van der Waals surface area contributed by atoms with Crippen molar-refractivity contribution in [2.24, 2.45) is 5.92 Å². The van der Waals surface area contributed by atoms with Gasteiger partial charge in [-0.05, 0) is 18.9 Å². The summed E-state index contributed by atoms with van der Waals surface area (Å²) in [6, 6.07) is 0. The van der Waals surface area contributed by atoms with Crippen LogP contribution in [0.2, 0.25) is 0 Å². The summed E-state index contributed by atoms with van der Waals surface area (Å²) in [5.74, 6) is 0.519. The van der Waals surface area contributed by atoms with E-state index in [1.54, 1.807) is 0 Å². The Kier molecular flexibility index (Phi) is 1.57. The molecule has 1 fully saturated rings. The smallest absolute Gasteiger partial charge is 0.145 e. The first-order valence-corrected chi connectivity index (χ1v) is 4.11. The molecule has 1 aliphatic carbocycles. The quantitative estimate of drug-likeness (QED) is 0.529. The molecule has 11 heavy (non-hydrogen) atoms. The van der Waals surface area contributed by atoms with E-state index in [-0.39, 0.29) is 0 Å². The Balaban J connectivity index is 2.09.